The minimum Gasteiger partial charge on any atom is -0.459 e. The fourth-order valence-corrected chi connectivity index (χ4v) is 24.8. The van der Waals surface area contributed by atoms with E-state index in [1.165, 1.54) is 0 Å². The van der Waals surface area contributed by atoms with Crippen LogP contribution in [0.25, 0.3) is 0 Å². The van der Waals surface area contributed by atoms with Crippen LogP contribution < -0.4 is 0 Å². The van der Waals surface area contributed by atoms with Gasteiger partial charge in [-0.25, -0.2) is 24.0 Å². The van der Waals surface area contributed by atoms with E-state index in [4.69, 9.17) is 56.8 Å². The summed E-state index contributed by atoms with van der Waals surface area (Å²) < 4.78 is 259. The van der Waals surface area contributed by atoms with Crippen LogP contribution in [0.2, 0.25) is 0 Å². The Morgan fingerprint density at radius 2 is 0.729 bits per heavy atom. The van der Waals surface area contributed by atoms with E-state index < -0.39 is 142 Å². The van der Waals surface area contributed by atoms with E-state index in [0.717, 1.165) is 187 Å². The average molecular weight is 2090 g/mol. The van der Waals surface area contributed by atoms with Crippen molar-refractivity contribution in [3.8, 4) is 0 Å². The molecule has 0 radical (unpaired) electrons. The maximum Gasteiger partial charge on any atom is 0.449 e. The van der Waals surface area contributed by atoms with Crippen molar-refractivity contribution in [2.75, 3.05) is 33.0 Å². The highest BCUT2D eigenvalue weighted by molar-refractivity contribution is 5.89. The number of aliphatic hydroxyl groups is 5. The van der Waals surface area contributed by atoms with Crippen LogP contribution in [-0.2, 0) is 85.6 Å². The molecular weight excluding hydrogens is 1920 g/mol. The van der Waals surface area contributed by atoms with Crippen molar-refractivity contribution in [3.63, 3.8) is 0 Å². The van der Waals surface area contributed by atoms with Crippen LogP contribution in [0, 0.1) is 39.4 Å². The predicted molar refractivity (Wildman–Crippen MR) is 507 cm³/mol. The third-order valence-electron chi connectivity index (χ3n) is 32.4. The van der Waals surface area contributed by atoms with Crippen LogP contribution in [0.5, 0.6) is 0 Å². The summed E-state index contributed by atoms with van der Waals surface area (Å²) in [5.74, 6) is -22.1. The Labute approximate surface area is 842 Å². The molecule has 20 atom stereocenters. The molecular formula is C107H166F14O23. The quantitative estimate of drug-likeness (QED) is 0.0291. The van der Waals surface area contributed by atoms with Crippen LogP contribution in [-0.4, -0.2) is 212 Å². The van der Waals surface area contributed by atoms with Crippen LogP contribution >= 0.6 is 0 Å². The second-order valence-corrected chi connectivity index (χ2v) is 47.3. The largest absolute Gasteiger partial charge is 0.459 e. The van der Waals surface area contributed by atoms with Crippen molar-refractivity contribution < 1.29 is 173 Å². The summed E-state index contributed by atoms with van der Waals surface area (Å²) in [7, 11) is 0. The SMILES string of the molecule is C=C(C)C(=O)OC12CC3CC(C1)C(C)(OC1(C)COC(O)(C(F)(F)F)C1(F)F)C(C3)C2.C=C(C)C(=O)OC1CCCCCC(C)(CC2(C)COC(O)(C(F)(F)F)C2)CCC1.C=C(C)C(=O)OC1CCCCCC(C)(OC2(C)COC(C)(O)C2)CC1.C=C(C)C(=O)OC1CCCCCC(CC)(CC2(C)COC(O)(C(F)(F)F)C2)CCC1.C=C(C)C(=O)OC1CCCCCC(CC)(OC2(C)COC(O)(C(F)(F)F)C2)CC1. The van der Waals surface area contributed by atoms with Gasteiger partial charge in [0.05, 0.1) is 61.0 Å². The maximum atomic E-state index is 15.0. The lowest BCUT2D eigenvalue weighted by molar-refractivity contribution is -0.415. The van der Waals surface area contributed by atoms with Gasteiger partial charge in [0.2, 0.25) is 0 Å². The Morgan fingerprint density at radius 1 is 0.354 bits per heavy atom. The average Bonchev–Trinajstić information content (AvgIpc) is 1.60. The Bertz CT molecular complexity index is 4370. The van der Waals surface area contributed by atoms with Crippen LogP contribution in [0.3, 0.4) is 0 Å². The number of alkyl halides is 14. The summed E-state index contributed by atoms with van der Waals surface area (Å²) in [6.07, 6.45) is 9.79. The van der Waals surface area contributed by atoms with Gasteiger partial charge in [-0.1, -0.05) is 125 Å². The molecule has 830 valence electrons. The first-order valence-corrected chi connectivity index (χ1v) is 51.9. The van der Waals surface area contributed by atoms with E-state index >= 15 is 0 Å². The number of rotatable bonds is 22. The van der Waals surface area contributed by atoms with Gasteiger partial charge < -0.3 is 87.1 Å². The molecule has 20 unspecified atom stereocenters. The zero-order valence-electron chi connectivity index (χ0n) is 87.9. The van der Waals surface area contributed by atoms with Crippen molar-refractivity contribution >= 4 is 29.8 Å². The smallest absolute Gasteiger partial charge is 0.449 e. The molecule has 13 fully saturated rings. The highest BCUT2D eigenvalue weighted by Gasteiger charge is 2.83. The molecule has 13 aliphatic rings. The molecule has 0 amide bonds. The topological polar surface area (TPSA) is 306 Å². The van der Waals surface area contributed by atoms with Crippen LogP contribution in [0.15, 0.2) is 60.8 Å². The van der Waals surface area contributed by atoms with Crippen LogP contribution in [0.1, 0.15) is 387 Å². The van der Waals surface area contributed by atoms with Gasteiger partial charge in [0.1, 0.15) is 30.0 Å². The Hall–Kier alpha value is -5.45. The van der Waals surface area contributed by atoms with Gasteiger partial charge in [-0.15, -0.1) is 0 Å². The first-order valence-electron chi connectivity index (χ1n) is 51.9. The van der Waals surface area contributed by atoms with E-state index in [2.05, 4.69) is 58.4 Å². The summed E-state index contributed by atoms with van der Waals surface area (Å²) in [6.45, 7) is 44.6. The Balaban J connectivity index is 0.000000220. The summed E-state index contributed by atoms with van der Waals surface area (Å²) >= 11 is 0. The number of carbonyl (C=O) groups excluding carboxylic acids is 5. The number of hydrogen-bond donors (Lipinski definition) is 5. The summed E-state index contributed by atoms with van der Waals surface area (Å²) in [5.41, 5.74) is -7.18. The summed E-state index contributed by atoms with van der Waals surface area (Å²) in [5, 5.41) is 49.6. The number of carbonyl (C=O) groups is 5. The number of ether oxygens (including phenoxy) is 13. The molecule has 8 saturated carbocycles. The molecule has 23 nitrogen and oxygen atoms in total. The van der Waals surface area contributed by atoms with Crippen molar-refractivity contribution in [2.45, 2.75) is 510 Å². The first-order chi connectivity index (χ1) is 66.0. The van der Waals surface area contributed by atoms with Gasteiger partial charge in [-0.3, -0.25) is 0 Å². The number of hydrogen-bond acceptors (Lipinski definition) is 23. The van der Waals surface area contributed by atoms with Crippen LogP contribution in [0.4, 0.5) is 61.5 Å². The second-order valence-electron chi connectivity index (χ2n) is 47.3. The fraction of sp³-hybridized carbons (Fsp3) is 0.860. The predicted octanol–water partition coefficient (Wildman–Crippen LogP) is 24.6. The van der Waals surface area contributed by atoms with Gasteiger partial charge in [-0.2, -0.15) is 61.5 Å². The summed E-state index contributed by atoms with van der Waals surface area (Å²) in [6, 6.07) is 0. The molecule has 0 aromatic rings. The summed E-state index contributed by atoms with van der Waals surface area (Å²) in [4.78, 5) is 59.7. The monoisotopic (exact) mass is 2090 g/mol. The highest BCUT2D eigenvalue weighted by atomic mass is 19.4. The van der Waals surface area contributed by atoms with E-state index in [1.807, 2.05) is 13.8 Å². The lowest BCUT2D eigenvalue weighted by Gasteiger charge is -2.64. The van der Waals surface area contributed by atoms with Gasteiger partial charge in [0.25, 0.3) is 17.4 Å². The van der Waals surface area contributed by atoms with Crippen molar-refractivity contribution in [3.05, 3.63) is 60.8 Å². The van der Waals surface area contributed by atoms with E-state index in [1.54, 1.807) is 69.2 Å². The third-order valence-corrected chi connectivity index (χ3v) is 32.4. The maximum absolute atomic E-state index is 15.0. The molecule has 4 bridgehead atoms. The third kappa shape index (κ3) is 31.7. The molecule has 37 heteroatoms. The minimum absolute atomic E-state index is 0.0824. The second kappa shape index (κ2) is 47.4. The zero-order chi connectivity index (χ0) is 108. The Morgan fingerprint density at radius 3 is 1.13 bits per heavy atom. The van der Waals surface area contributed by atoms with Gasteiger partial charge in [-0.05, 0) is 308 Å². The molecule has 13 rings (SSSR count). The number of esters is 5. The van der Waals surface area contributed by atoms with Gasteiger partial charge >= 0.3 is 66.3 Å². The van der Waals surface area contributed by atoms with E-state index in [-0.39, 0.29) is 102 Å². The first kappa shape index (κ1) is 124. The number of halogens is 14. The van der Waals surface area contributed by atoms with Gasteiger partial charge in [0, 0.05) is 53.5 Å². The lowest BCUT2D eigenvalue weighted by Crippen LogP contribution is -2.69. The normalized spacial score (nSPS) is 39.7. The molecule has 5 aliphatic heterocycles. The molecule has 5 saturated heterocycles. The molecule has 144 heavy (non-hydrogen) atoms. The molecule has 5 N–H and O–H groups in total. The molecule has 8 aliphatic carbocycles. The fourth-order valence-electron chi connectivity index (χ4n) is 24.8. The standard InChI is InChI=1S/C23H37F3O4.C22H35F3O4.C21H27F5O5.C21H33F3O5.C20H34O5/c1-5-21(14-20(4)15-22(28,29-16-20)23(24,25)26)12-8-6-7-10-18(11-9-13-21)30-19(27)17(2)3;1-16(2)18(26)29-17-9-6-5-7-11-19(3,12-8-10-17)13-20(4)14-21(27,28-15-20)22(23,24)25;1-11(2)15(27)30-18-7-12-5-13(8-18)17(4,14(6-12)9-18)31-16(3)10-29-20(28,19(16,22)23)21(24,25)26;1-5-19(29-18(4)13-20(26,27-14-18)21(22,23)24)11-8-6-7-9-16(10-12-19)28-17(25)15(2)3;1-15(2)17(21)24-16-9-7-6-8-11-18(3,12-10-16)25-19(4)13-20(5,22)23-14-19/h18,28H,2,5-16H2,1,3-4H3;17,27H,1,5-15H2,2-4H3;12-14,28H,1,5-10H2,2-4H3;16,26H,2,5-14H2,1,3-4H3;16,22H,1,6-14H2,2-5H3. The van der Waals surface area contributed by atoms with Gasteiger partial charge in [0.15, 0.2) is 11.4 Å². The van der Waals surface area contributed by atoms with Crippen molar-refractivity contribution in [1.29, 1.82) is 0 Å². The molecule has 0 aromatic carbocycles. The van der Waals surface area contributed by atoms with E-state index in [0.29, 0.717) is 106 Å². The molecule has 5 heterocycles. The molecule has 0 spiro atoms. The highest BCUT2D eigenvalue weighted by Crippen LogP contribution is 2.66. The lowest BCUT2D eigenvalue weighted by atomic mass is 9.48. The zero-order valence-corrected chi connectivity index (χ0v) is 87.9. The van der Waals surface area contributed by atoms with Crippen molar-refractivity contribution in [1.82, 2.24) is 0 Å². The van der Waals surface area contributed by atoms with Crippen molar-refractivity contribution in [2.24, 2.45) is 39.4 Å². The minimum atomic E-state index is -5.69. The van der Waals surface area contributed by atoms with E-state index in [9.17, 15) is 111 Å². The Kier molecular flexibility index (Phi) is 40.8. The molecule has 0 aromatic heterocycles.